The van der Waals surface area contributed by atoms with Crippen molar-refractivity contribution in [3.05, 3.63) is 24.4 Å². The van der Waals surface area contributed by atoms with Crippen molar-refractivity contribution in [2.45, 2.75) is 12.8 Å². The Labute approximate surface area is 121 Å². The summed E-state index contributed by atoms with van der Waals surface area (Å²) in [5, 5.41) is 3.02. The molecule has 1 aromatic heterocycles. The van der Waals surface area contributed by atoms with Gasteiger partial charge in [-0.2, -0.15) is 0 Å². The van der Waals surface area contributed by atoms with Gasteiger partial charge in [-0.15, -0.1) is 0 Å². The monoisotopic (exact) mass is 276 g/mol. The van der Waals surface area contributed by atoms with E-state index in [1.165, 1.54) is 0 Å². The average Bonchev–Trinajstić information content (AvgIpc) is 2.48. The molecule has 5 nitrogen and oxygen atoms in total. The highest BCUT2D eigenvalue weighted by Gasteiger charge is 2.25. The first-order valence-electron chi connectivity index (χ1n) is 7.25. The third-order valence-corrected chi connectivity index (χ3v) is 3.70. The zero-order valence-corrected chi connectivity index (χ0v) is 12.4. The Morgan fingerprint density at radius 1 is 1.40 bits per heavy atom. The van der Waals surface area contributed by atoms with Gasteiger partial charge in [-0.3, -0.25) is 4.79 Å². The summed E-state index contributed by atoms with van der Waals surface area (Å²) in [6, 6.07) is 5.95. The Kier molecular flexibility index (Phi) is 5.35. The smallest absolute Gasteiger partial charge is 0.223 e. The van der Waals surface area contributed by atoms with Gasteiger partial charge in [0.15, 0.2) is 0 Å². The predicted octanol–water partition coefficient (Wildman–Crippen LogP) is 0.976. The second-order valence-electron chi connectivity index (χ2n) is 5.54. The molecule has 0 aliphatic carbocycles. The van der Waals surface area contributed by atoms with Gasteiger partial charge in [0.2, 0.25) is 5.91 Å². The molecule has 5 heteroatoms. The van der Waals surface area contributed by atoms with Crippen molar-refractivity contribution in [1.82, 2.24) is 15.2 Å². The molecule has 2 rings (SSSR count). The summed E-state index contributed by atoms with van der Waals surface area (Å²) in [5.41, 5.74) is 0. The van der Waals surface area contributed by atoms with E-state index in [2.05, 4.69) is 20.1 Å². The molecule has 0 bridgehead atoms. The lowest BCUT2D eigenvalue weighted by molar-refractivity contribution is -0.125. The topological polar surface area (TPSA) is 48.5 Å². The van der Waals surface area contributed by atoms with Gasteiger partial charge in [0.25, 0.3) is 0 Å². The molecule has 20 heavy (non-hydrogen) atoms. The van der Waals surface area contributed by atoms with E-state index >= 15 is 0 Å². The minimum atomic E-state index is 0.150. The largest absolute Gasteiger partial charge is 0.357 e. The molecule has 1 saturated heterocycles. The minimum absolute atomic E-state index is 0.150. The number of aromatic nitrogens is 1. The fourth-order valence-corrected chi connectivity index (χ4v) is 2.46. The average molecular weight is 276 g/mol. The number of nitrogens with one attached hydrogen (secondary N) is 1. The molecule has 1 fully saturated rings. The molecule has 1 aliphatic heterocycles. The molecule has 0 saturated carbocycles. The van der Waals surface area contributed by atoms with Gasteiger partial charge in [-0.25, -0.2) is 4.98 Å². The number of rotatable bonds is 5. The zero-order valence-electron chi connectivity index (χ0n) is 12.4. The van der Waals surface area contributed by atoms with Crippen molar-refractivity contribution >= 4 is 11.7 Å². The van der Waals surface area contributed by atoms with E-state index < -0.39 is 0 Å². The quantitative estimate of drug-likeness (QED) is 0.871. The van der Waals surface area contributed by atoms with Gasteiger partial charge in [-0.1, -0.05) is 6.07 Å². The highest BCUT2D eigenvalue weighted by Crippen LogP contribution is 2.21. The lowest BCUT2D eigenvalue weighted by Crippen LogP contribution is -2.42. The van der Waals surface area contributed by atoms with Gasteiger partial charge in [-0.05, 0) is 39.1 Å². The summed E-state index contributed by atoms with van der Waals surface area (Å²) in [7, 11) is 4.02. The summed E-state index contributed by atoms with van der Waals surface area (Å²) < 4.78 is 0. The summed E-state index contributed by atoms with van der Waals surface area (Å²) in [6.45, 7) is 3.43. The van der Waals surface area contributed by atoms with E-state index in [-0.39, 0.29) is 11.8 Å². The highest BCUT2D eigenvalue weighted by molar-refractivity contribution is 5.78. The first-order valence-corrected chi connectivity index (χ1v) is 7.25. The standard InChI is InChI=1S/C15H24N4O/c1-18(2)12-9-17-15(20)13-6-10-19(11-7-13)14-5-3-4-8-16-14/h3-5,8,13H,6-7,9-12H2,1-2H3,(H,17,20). The van der Waals surface area contributed by atoms with E-state index in [1.807, 2.05) is 38.5 Å². The van der Waals surface area contributed by atoms with Crippen LogP contribution < -0.4 is 10.2 Å². The summed E-state index contributed by atoms with van der Waals surface area (Å²) in [5.74, 6) is 1.36. The normalized spacial score (nSPS) is 16.4. The van der Waals surface area contributed by atoms with Crippen LogP contribution in [0.1, 0.15) is 12.8 Å². The maximum absolute atomic E-state index is 12.1. The molecule has 2 heterocycles. The molecular weight excluding hydrogens is 252 g/mol. The maximum Gasteiger partial charge on any atom is 0.223 e. The Balaban J connectivity index is 1.75. The molecule has 0 aromatic carbocycles. The third-order valence-electron chi connectivity index (χ3n) is 3.70. The van der Waals surface area contributed by atoms with Gasteiger partial charge < -0.3 is 15.1 Å². The van der Waals surface area contributed by atoms with Crippen molar-refractivity contribution in [2.24, 2.45) is 5.92 Å². The second kappa shape index (κ2) is 7.24. The number of amides is 1. The minimum Gasteiger partial charge on any atom is -0.357 e. The van der Waals surface area contributed by atoms with E-state index in [0.717, 1.165) is 44.8 Å². The Morgan fingerprint density at radius 2 is 2.15 bits per heavy atom. The fraction of sp³-hybridized carbons (Fsp3) is 0.600. The van der Waals surface area contributed by atoms with Gasteiger partial charge in [0, 0.05) is 38.3 Å². The lowest BCUT2D eigenvalue weighted by atomic mass is 9.96. The molecule has 110 valence electrons. The highest BCUT2D eigenvalue weighted by atomic mass is 16.1. The van der Waals surface area contributed by atoms with Crippen LogP contribution in [0.5, 0.6) is 0 Å². The van der Waals surface area contributed by atoms with Crippen LogP contribution in [0.3, 0.4) is 0 Å². The van der Waals surface area contributed by atoms with Gasteiger partial charge in [0.05, 0.1) is 0 Å². The molecule has 0 radical (unpaired) electrons. The first kappa shape index (κ1) is 14.8. The van der Waals surface area contributed by atoms with Crippen LogP contribution in [-0.4, -0.2) is 56.1 Å². The van der Waals surface area contributed by atoms with Crippen molar-refractivity contribution in [1.29, 1.82) is 0 Å². The van der Waals surface area contributed by atoms with Crippen LogP contribution in [0.4, 0.5) is 5.82 Å². The Morgan fingerprint density at radius 3 is 2.75 bits per heavy atom. The summed E-state index contributed by atoms with van der Waals surface area (Å²) in [6.07, 6.45) is 3.63. The number of hydrogen-bond acceptors (Lipinski definition) is 4. The van der Waals surface area contributed by atoms with Gasteiger partial charge >= 0.3 is 0 Å². The number of carbonyl (C=O) groups excluding carboxylic acids is 1. The van der Waals surface area contributed by atoms with Crippen LogP contribution in [0.25, 0.3) is 0 Å². The molecule has 0 atom stereocenters. The lowest BCUT2D eigenvalue weighted by Gasteiger charge is -2.32. The Bertz CT molecular complexity index is 413. The number of piperidine rings is 1. The molecule has 1 aliphatic rings. The van der Waals surface area contributed by atoms with E-state index in [9.17, 15) is 4.79 Å². The molecule has 1 N–H and O–H groups in total. The molecule has 0 spiro atoms. The number of hydrogen-bond donors (Lipinski definition) is 1. The predicted molar refractivity (Wildman–Crippen MR) is 80.7 cm³/mol. The first-order chi connectivity index (χ1) is 9.66. The van der Waals surface area contributed by atoms with Crippen LogP contribution in [0.15, 0.2) is 24.4 Å². The fourth-order valence-electron chi connectivity index (χ4n) is 2.46. The number of likely N-dealkylation sites (N-methyl/N-ethyl adjacent to an activating group) is 1. The number of nitrogens with zero attached hydrogens (tertiary/aromatic N) is 3. The maximum atomic E-state index is 12.1. The Hall–Kier alpha value is -1.62. The number of carbonyl (C=O) groups is 1. The molecule has 1 aromatic rings. The second-order valence-corrected chi connectivity index (χ2v) is 5.54. The number of pyridine rings is 1. The summed E-state index contributed by atoms with van der Waals surface area (Å²) in [4.78, 5) is 20.7. The SMILES string of the molecule is CN(C)CCNC(=O)C1CCN(c2ccccn2)CC1. The van der Waals surface area contributed by atoms with Gasteiger partial charge in [0.1, 0.15) is 5.82 Å². The van der Waals surface area contributed by atoms with Crippen LogP contribution in [-0.2, 0) is 4.79 Å². The van der Waals surface area contributed by atoms with Crippen LogP contribution in [0.2, 0.25) is 0 Å². The number of anilines is 1. The molecular formula is C15H24N4O. The van der Waals surface area contributed by atoms with Crippen molar-refractivity contribution < 1.29 is 4.79 Å². The van der Waals surface area contributed by atoms with Crippen LogP contribution >= 0.6 is 0 Å². The van der Waals surface area contributed by atoms with Crippen molar-refractivity contribution in [3.63, 3.8) is 0 Å². The zero-order chi connectivity index (χ0) is 14.4. The van der Waals surface area contributed by atoms with E-state index in [4.69, 9.17) is 0 Å². The molecule has 1 amide bonds. The third kappa shape index (κ3) is 4.20. The van der Waals surface area contributed by atoms with E-state index in [1.54, 1.807) is 0 Å². The van der Waals surface area contributed by atoms with E-state index in [0.29, 0.717) is 0 Å². The van der Waals surface area contributed by atoms with Crippen molar-refractivity contribution in [3.8, 4) is 0 Å². The summed E-state index contributed by atoms with van der Waals surface area (Å²) >= 11 is 0. The van der Waals surface area contributed by atoms with Crippen molar-refractivity contribution in [2.75, 3.05) is 45.2 Å². The molecule has 0 unspecified atom stereocenters. The van der Waals surface area contributed by atoms with Crippen LogP contribution in [0, 0.1) is 5.92 Å².